The molecule has 4 rings (SSSR count). The van der Waals surface area contributed by atoms with E-state index in [9.17, 15) is 5.11 Å². The minimum atomic E-state index is -0.359. The molecule has 0 aromatic rings. The SMILES string of the molecule is CCCNCC1(O)C2CC3CC(C2)CC1C3. The van der Waals surface area contributed by atoms with Gasteiger partial charge in [-0.05, 0) is 68.7 Å². The van der Waals surface area contributed by atoms with Gasteiger partial charge in [-0.25, -0.2) is 0 Å². The highest BCUT2D eigenvalue weighted by Crippen LogP contribution is 2.57. The molecular formula is C14H25NO. The zero-order chi connectivity index (χ0) is 11.2. The van der Waals surface area contributed by atoms with E-state index in [4.69, 9.17) is 0 Å². The molecule has 16 heavy (non-hydrogen) atoms. The first-order valence-electron chi connectivity index (χ1n) is 7.15. The van der Waals surface area contributed by atoms with Gasteiger partial charge in [-0.15, -0.1) is 0 Å². The average Bonchev–Trinajstić information content (AvgIpc) is 2.25. The highest BCUT2D eigenvalue weighted by atomic mass is 16.3. The summed E-state index contributed by atoms with van der Waals surface area (Å²) in [6, 6.07) is 0. The summed E-state index contributed by atoms with van der Waals surface area (Å²) in [5, 5.41) is 14.4. The molecule has 0 heterocycles. The van der Waals surface area contributed by atoms with Gasteiger partial charge in [0.15, 0.2) is 0 Å². The van der Waals surface area contributed by atoms with Gasteiger partial charge in [-0.1, -0.05) is 6.92 Å². The second-order valence-electron chi connectivity index (χ2n) is 6.47. The van der Waals surface area contributed by atoms with Crippen molar-refractivity contribution in [3.8, 4) is 0 Å². The minimum absolute atomic E-state index is 0.359. The third-order valence-electron chi connectivity index (χ3n) is 5.39. The molecule has 2 nitrogen and oxygen atoms in total. The molecule has 0 radical (unpaired) electrons. The second-order valence-corrected chi connectivity index (χ2v) is 6.47. The van der Waals surface area contributed by atoms with Gasteiger partial charge in [-0.2, -0.15) is 0 Å². The predicted molar refractivity (Wildman–Crippen MR) is 65.2 cm³/mol. The van der Waals surface area contributed by atoms with E-state index in [1.54, 1.807) is 0 Å². The highest BCUT2D eigenvalue weighted by Gasteiger charge is 2.55. The van der Waals surface area contributed by atoms with E-state index >= 15 is 0 Å². The van der Waals surface area contributed by atoms with Gasteiger partial charge < -0.3 is 10.4 Å². The summed E-state index contributed by atoms with van der Waals surface area (Å²) in [6.07, 6.45) is 7.84. The third kappa shape index (κ3) is 1.62. The van der Waals surface area contributed by atoms with Crippen molar-refractivity contribution in [2.45, 2.75) is 51.0 Å². The minimum Gasteiger partial charge on any atom is -0.388 e. The number of aliphatic hydroxyl groups is 1. The molecule has 2 N–H and O–H groups in total. The molecule has 0 amide bonds. The van der Waals surface area contributed by atoms with Crippen molar-refractivity contribution in [2.24, 2.45) is 23.7 Å². The molecule has 92 valence electrons. The van der Waals surface area contributed by atoms with Crippen LogP contribution in [0.25, 0.3) is 0 Å². The van der Waals surface area contributed by atoms with Gasteiger partial charge in [0, 0.05) is 6.54 Å². The molecule has 2 heteroatoms. The lowest BCUT2D eigenvalue weighted by Gasteiger charge is -2.59. The molecule has 4 fully saturated rings. The average molecular weight is 223 g/mol. The molecule has 0 spiro atoms. The maximum atomic E-state index is 11.0. The quantitative estimate of drug-likeness (QED) is 0.716. The van der Waals surface area contributed by atoms with Crippen molar-refractivity contribution in [3.05, 3.63) is 0 Å². The van der Waals surface area contributed by atoms with Gasteiger partial charge in [0.05, 0.1) is 5.60 Å². The summed E-state index contributed by atoms with van der Waals surface area (Å²) >= 11 is 0. The fraction of sp³-hybridized carbons (Fsp3) is 1.00. The van der Waals surface area contributed by atoms with Crippen molar-refractivity contribution >= 4 is 0 Å². The topological polar surface area (TPSA) is 32.3 Å². The van der Waals surface area contributed by atoms with E-state index < -0.39 is 0 Å². The van der Waals surface area contributed by atoms with Gasteiger partial charge in [0.1, 0.15) is 0 Å². The first-order valence-corrected chi connectivity index (χ1v) is 7.15. The van der Waals surface area contributed by atoms with Crippen molar-refractivity contribution in [1.82, 2.24) is 5.32 Å². The van der Waals surface area contributed by atoms with E-state index in [2.05, 4.69) is 12.2 Å². The summed E-state index contributed by atoms with van der Waals surface area (Å²) in [6.45, 7) is 4.08. The number of hydrogen-bond donors (Lipinski definition) is 2. The largest absolute Gasteiger partial charge is 0.388 e. The molecule has 0 aliphatic heterocycles. The van der Waals surface area contributed by atoms with Crippen LogP contribution in [0, 0.1) is 23.7 Å². The van der Waals surface area contributed by atoms with Crippen LogP contribution in [-0.2, 0) is 0 Å². The van der Waals surface area contributed by atoms with Crippen molar-refractivity contribution in [3.63, 3.8) is 0 Å². The summed E-state index contributed by atoms with van der Waals surface area (Å²) in [5.74, 6) is 3.11. The Morgan fingerprint density at radius 1 is 1.06 bits per heavy atom. The molecular weight excluding hydrogens is 198 g/mol. The van der Waals surface area contributed by atoms with Gasteiger partial charge in [0.2, 0.25) is 0 Å². The second kappa shape index (κ2) is 3.99. The molecule has 4 bridgehead atoms. The van der Waals surface area contributed by atoms with Crippen LogP contribution in [0.15, 0.2) is 0 Å². The monoisotopic (exact) mass is 223 g/mol. The molecule has 0 atom stereocenters. The number of nitrogens with one attached hydrogen (secondary N) is 1. The molecule has 4 saturated carbocycles. The lowest BCUT2D eigenvalue weighted by Crippen LogP contribution is -2.61. The Hall–Kier alpha value is -0.0800. The first-order chi connectivity index (χ1) is 7.72. The van der Waals surface area contributed by atoms with Gasteiger partial charge in [-0.3, -0.25) is 0 Å². The van der Waals surface area contributed by atoms with Gasteiger partial charge in [0.25, 0.3) is 0 Å². The zero-order valence-corrected chi connectivity index (χ0v) is 10.4. The zero-order valence-electron chi connectivity index (χ0n) is 10.4. The fourth-order valence-electron chi connectivity index (χ4n) is 4.75. The fourth-order valence-corrected chi connectivity index (χ4v) is 4.75. The highest BCUT2D eigenvalue weighted by molar-refractivity contribution is 5.07. The van der Waals surface area contributed by atoms with Crippen LogP contribution in [0.2, 0.25) is 0 Å². The lowest BCUT2D eigenvalue weighted by molar-refractivity contribution is -0.169. The summed E-state index contributed by atoms with van der Waals surface area (Å²) in [4.78, 5) is 0. The summed E-state index contributed by atoms with van der Waals surface area (Å²) in [5.41, 5.74) is -0.359. The lowest BCUT2D eigenvalue weighted by atomic mass is 9.50. The molecule has 0 aromatic heterocycles. The Morgan fingerprint density at radius 3 is 2.12 bits per heavy atom. The van der Waals surface area contributed by atoms with Crippen molar-refractivity contribution < 1.29 is 5.11 Å². The summed E-state index contributed by atoms with van der Waals surface area (Å²) < 4.78 is 0. The van der Waals surface area contributed by atoms with E-state index in [-0.39, 0.29) is 5.60 Å². The summed E-state index contributed by atoms with van der Waals surface area (Å²) in [7, 11) is 0. The molecule has 0 unspecified atom stereocenters. The molecule has 4 aliphatic rings. The smallest absolute Gasteiger partial charge is 0.0827 e. The van der Waals surface area contributed by atoms with Crippen LogP contribution in [0.1, 0.15) is 45.4 Å². The van der Waals surface area contributed by atoms with Crippen molar-refractivity contribution in [1.29, 1.82) is 0 Å². The van der Waals surface area contributed by atoms with E-state index in [0.717, 1.165) is 31.3 Å². The Morgan fingerprint density at radius 2 is 1.62 bits per heavy atom. The van der Waals surface area contributed by atoms with Crippen molar-refractivity contribution in [2.75, 3.05) is 13.1 Å². The van der Waals surface area contributed by atoms with Crippen LogP contribution in [0.3, 0.4) is 0 Å². The number of rotatable bonds is 4. The molecule has 0 saturated heterocycles. The van der Waals surface area contributed by atoms with Crippen LogP contribution >= 0.6 is 0 Å². The standard InChI is InChI=1S/C14H25NO/c1-2-3-15-9-14(16)12-5-10-4-11(7-12)8-13(14)6-10/h10-13,15-16H,2-9H2,1H3. The third-order valence-corrected chi connectivity index (χ3v) is 5.39. The maximum Gasteiger partial charge on any atom is 0.0827 e. The van der Waals surface area contributed by atoms with Gasteiger partial charge >= 0.3 is 0 Å². The van der Waals surface area contributed by atoms with E-state index in [1.165, 1.54) is 32.1 Å². The molecule has 0 aromatic carbocycles. The number of hydrogen-bond acceptors (Lipinski definition) is 2. The van der Waals surface area contributed by atoms with Crippen LogP contribution in [0.5, 0.6) is 0 Å². The van der Waals surface area contributed by atoms with E-state index in [1.807, 2.05) is 0 Å². The van der Waals surface area contributed by atoms with Crippen LogP contribution in [-0.4, -0.2) is 23.8 Å². The predicted octanol–water partition coefficient (Wildman–Crippen LogP) is 2.17. The van der Waals surface area contributed by atoms with E-state index in [0.29, 0.717) is 11.8 Å². The van der Waals surface area contributed by atoms with Crippen LogP contribution < -0.4 is 5.32 Å². The van der Waals surface area contributed by atoms with Crippen LogP contribution in [0.4, 0.5) is 0 Å². The molecule has 4 aliphatic carbocycles. The Labute approximate surface area is 98.8 Å². The maximum absolute atomic E-state index is 11.0. The first kappa shape index (κ1) is 11.0. The Balaban J connectivity index is 1.70. The Bertz CT molecular complexity index is 235. The normalized spacial score (nSPS) is 49.9. The Kier molecular flexibility index (Phi) is 2.75.